The van der Waals surface area contributed by atoms with E-state index in [9.17, 15) is 9.59 Å². The Bertz CT molecular complexity index is 791. The van der Waals surface area contributed by atoms with E-state index in [2.05, 4.69) is 10.6 Å². The molecule has 4 rings (SSSR count). The van der Waals surface area contributed by atoms with Crippen LogP contribution < -0.4 is 10.6 Å². The summed E-state index contributed by atoms with van der Waals surface area (Å²) in [5, 5.41) is 7.89. The number of amides is 2. The molecule has 5 nitrogen and oxygen atoms in total. The SMILES string of the molecule is O=C(Nc1ccc(C2(C(=O)NCC3CCCO3)CCC2)cc1)c1cccs1. The van der Waals surface area contributed by atoms with Gasteiger partial charge in [-0.3, -0.25) is 9.59 Å². The lowest BCUT2D eigenvalue weighted by molar-refractivity contribution is -0.130. The van der Waals surface area contributed by atoms with E-state index in [-0.39, 0.29) is 17.9 Å². The van der Waals surface area contributed by atoms with Gasteiger partial charge in [-0.25, -0.2) is 0 Å². The molecular weight excluding hydrogens is 360 g/mol. The number of carbonyl (C=O) groups is 2. The molecule has 1 aliphatic carbocycles. The van der Waals surface area contributed by atoms with E-state index in [1.165, 1.54) is 11.3 Å². The first-order chi connectivity index (χ1) is 13.2. The summed E-state index contributed by atoms with van der Waals surface area (Å²) in [7, 11) is 0. The Hall–Kier alpha value is -2.18. The van der Waals surface area contributed by atoms with Crippen molar-refractivity contribution in [3.63, 3.8) is 0 Å². The minimum atomic E-state index is -0.436. The molecule has 2 aromatic rings. The quantitative estimate of drug-likeness (QED) is 0.798. The van der Waals surface area contributed by atoms with Crippen LogP contribution in [0.15, 0.2) is 41.8 Å². The molecule has 1 aliphatic heterocycles. The zero-order valence-electron chi connectivity index (χ0n) is 15.2. The third kappa shape index (κ3) is 3.77. The molecule has 1 aromatic heterocycles. The lowest BCUT2D eigenvalue weighted by atomic mass is 9.63. The van der Waals surface area contributed by atoms with Gasteiger partial charge < -0.3 is 15.4 Å². The maximum atomic E-state index is 12.9. The molecule has 0 spiro atoms. The maximum absolute atomic E-state index is 12.9. The van der Waals surface area contributed by atoms with Gasteiger partial charge in [-0.15, -0.1) is 11.3 Å². The number of thiophene rings is 1. The second kappa shape index (κ2) is 7.82. The first kappa shape index (κ1) is 18.2. The molecular formula is C21H24N2O3S. The molecule has 0 radical (unpaired) electrons. The number of hydrogen-bond acceptors (Lipinski definition) is 4. The Labute approximate surface area is 163 Å². The number of anilines is 1. The van der Waals surface area contributed by atoms with Crippen molar-refractivity contribution in [1.29, 1.82) is 0 Å². The predicted molar refractivity (Wildman–Crippen MR) is 106 cm³/mol. The van der Waals surface area contributed by atoms with E-state index in [1.807, 2.05) is 35.7 Å². The fraction of sp³-hybridized carbons (Fsp3) is 0.429. The summed E-state index contributed by atoms with van der Waals surface area (Å²) in [6, 6.07) is 11.4. The second-order valence-corrected chi connectivity index (χ2v) is 8.24. The van der Waals surface area contributed by atoms with Crippen LogP contribution in [0.5, 0.6) is 0 Å². The van der Waals surface area contributed by atoms with Crippen molar-refractivity contribution in [2.75, 3.05) is 18.5 Å². The molecule has 2 N–H and O–H groups in total. The van der Waals surface area contributed by atoms with Gasteiger partial charge in [0.05, 0.1) is 16.4 Å². The molecule has 1 saturated carbocycles. The zero-order valence-corrected chi connectivity index (χ0v) is 16.0. The Morgan fingerprint density at radius 3 is 2.56 bits per heavy atom. The average molecular weight is 385 g/mol. The van der Waals surface area contributed by atoms with E-state index in [1.54, 1.807) is 6.07 Å². The van der Waals surface area contributed by atoms with Crippen molar-refractivity contribution >= 4 is 28.8 Å². The summed E-state index contributed by atoms with van der Waals surface area (Å²) in [6.07, 6.45) is 5.04. The molecule has 2 heterocycles. The monoisotopic (exact) mass is 384 g/mol. The molecule has 1 atom stereocenters. The van der Waals surface area contributed by atoms with Gasteiger partial charge in [-0.1, -0.05) is 24.6 Å². The van der Waals surface area contributed by atoms with Crippen molar-refractivity contribution in [1.82, 2.24) is 5.32 Å². The van der Waals surface area contributed by atoms with Crippen LogP contribution in [-0.2, 0) is 14.9 Å². The Morgan fingerprint density at radius 1 is 1.15 bits per heavy atom. The lowest BCUT2D eigenvalue weighted by Crippen LogP contribution is -2.50. The number of hydrogen-bond donors (Lipinski definition) is 2. The minimum absolute atomic E-state index is 0.0969. The summed E-state index contributed by atoms with van der Waals surface area (Å²) in [5.74, 6) is -0.00923. The van der Waals surface area contributed by atoms with Gasteiger partial charge in [0.25, 0.3) is 5.91 Å². The van der Waals surface area contributed by atoms with Gasteiger partial charge in [0.1, 0.15) is 0 Å². The third-order valence-corrected chi connectivity index (χ3v) is 6.46. The first-order valence-corrected chi connectivity index (χ1v) is 10.4. The van der Waals surface area contributed by atoms with E-state index >= 15 is 0 Å². The Balaban J connectivity index is 1.41. The normalized spacial score (nSPS) is 20.7. The molecule has 1 saturated heterocycles. The van der Waals surface area contributed by atoms with Crippen LogP contribution in [0.3, 0.4) is 0 Å². The topological polar surface area (TPSA) is 67.4 Å². The van der Waals surface area contributed by atoms with Gasteiger partial charge >= 0.3 is 0 Å². The van der Waals surface area contributed by atoms with Crippen molar-refractivity contribution in [3.05, 3.63) is 52.2 Å². The molecule has 0 bridgehead atoms. The number of rotatable bonds is 6. The number of ether oxygens (including phenoxy) is 1. The van der Waals surface area contributed by atoms with E-state index in [0.717, 1.165) is 50.0 Å². The van der Waals surface area contributed by atoms with Crippen LogP contribution >= 0.6 is 11.3 Å². The molecule has 2 aliphatic rings. The van der Waals surface area contributed by atoms with Gasteiger partial charge in [-0.2, -0.15) is 0 Å². The smallest absolute Gasteiger partial charge is 0.265 e. The first-order valence-electron chi connectivity index (χ1n) is 9.53. The third-order valence-electron chi connectivity index (χ3n) is 5.60. The molecule has 1 aromatic carbocycles. The zero-order chi connectivity index (χ0) is 18.7. The van der Waals surface area contributed by atoms with Crippen LogP contribution in [0.1, 0.15) is 47.3 Å². The summed E-state index contributed by atoms with van der Waals surface area (Å²) in [6.45, 7) is 1.39. The fourth-order valence-electron chi connectivity index (χ4n) is 3.83. The predicted octanol–water partition coefficient (Wildman–Crippen LogP) is 3.72. The van der Waals surface area contributed by atoms with Crippen LogP contribution in [0, 0.1) is 0 Å². The number of nitrogens with one attached hydrogen (secondary N) is 2. The molecule has 6 heteroatoms. The van der Waals surface area contributed by atoms with Crippen molar-refractivity contribution in [2.24, 2.45) is 0 Å². The van der Waals surface area contributed by atoms with Crippen molar-refractivity contribution < 1.29 is 14.3 Å². The van der Waals surface area contributed by atoms with Crippen molar-refractivity contribution in [2.45, 2.75) is 43.6 Å². The van der Waals surface area contributed by atoms with Gasteiger partial charge in [0.15, 0.2) is 0 Å². The molecule has 27 heavy (non-hydrogen) atoms. The number of carbonyl (C=O) groups excluding carboxylic acids is 2. The Kier molecular flexibility index (Phi) is 5.27. The van der Waals surface area contributed by atoms with Crippen LogP contribution in [0.2, 0.25) is 0 Å². The van der Waals surface area contributed by atoms with Gasteiger partial charge in [0.2, 0.25) is 5.91 Å². The highest BCUT2D eigenvalue weighted by molar-refractivity contribution is 7.12. The highest BCUT2D eigenvalue weighted by Crippen LogP contribution is 2.44. The number of benzene rings is 1. The van der Waals surface area contributed by atoms with Crippen LogP contribution in [0.4, 0.5) is 5.69 Å². The summed E-state index contributed by atoms with van der Waals surface area (Å²) in [5.41, 5.74) is 1.33. The summed E-state index contributed by atoms with van der Waals surface area (Å²) >= 11 is 1.41. The minimum Gasteiger partial charge on any atom is -0.376 e. The molecule has 1 unspecified atom stereocenters. The van der Waals surface area contributed by atoms with Crippen LogP contribution in [-0.4, -0.2) is 31.1 Å². The molecule has 2 amide bonds. The van der Waals surface area contributed by atoms with Gasteiger partial charge in [0, 0.05) is 18.8 Å². The second-order valence-electron chi connectivity index (χ2n) is 7.29. The summed E-state index contributed by atoms with van der Waals surface area (Å²) < 4.78 is 5.60. The van der Waals surface area contributed by atoms with Gasteiger partial charge in [-0.05, 0) is 54.8 Å². The standard InChI is InChI=1S/C21H24N2O3S/c24-19(18-5-2-13-27-18)23-16-8-6-15(7-9-16)21(10-3-11-21)20(25)22-14-17-4-1-12-26-17/h2,5-9,13,17H,1,3-4,10-12,14H2,(H,22,25)(H,23,24). The molecule has 2 fully saturated rings. The van der Waals surface area contributed by atoms with Crippen LogP contribution in [0.25, 0.3) is 0 Å². The van der Waals surface area contributed by atoms with Crippen molar-refractivity contribution in [3.8, 4) is 0 Å². The highest BCUT2D eigenvalue weighted by Gasteiger charge is 2.45. The van der Waals surface area contributed by atoms with E-state index in [0.29, 0.717) is 11.4 Å². The largest absolute Gasteiger partial charge is 0.376 e. The lowest BCUT2D eigenvalue weighted by Gasteiger charge is -2.41. The van der Waals surface area contributed by atoms with E-state index < -0.39 is 5.41 Å². The Morgan fingerprint density at radius 2 is 1.96 bits per heavy atom. The molecule has 142 valence electrons. The average Bonchev–Trinajstić information content (AvgIpc) is 3.34. The summed E-state index contributed by atoms with van der Waals surface area (Å²) in [4.78, 5) is 25.7. The fourth-order valence-corrected chi connectivity index (χ4v) is 4.45. The maximum Gasteiger partial charge on any atom is 0.265 e. The van der Waals surface area contributed by atoms with E-state index in [4.69, 9.17) is 4.74 Å². The highest BCUT2D eigenvalue weighted by atomic mass is 32.1.